The van der Waals surface area contributed by atoms with Crippen LogP contribution in [-0.2, 0) is 11.0 Å². The van der Waals surface area contributed by atoms with Crippen LogP contribution in [0.3, 0.4) is 0 Å². The summed E-state index contributed by atoms with van der Waals surface area (Å²) in [5.41, 5.74) is -2.21. The number of nitrogens with one attached hydrogen (secondary N) is 1. The second-order valence-corrected chi connectivity index (χ2v) is 5.70. The maximum Gasteiger partial charge on any atom is 0.416 e. The van der Waals surface area contributed by atoms with E-state index in [0.717, 1.165) is 18.3 Å². The fraction of sp³-hybridized carbons (Fsp3) is 0.600. The maximum atomic E-state index is 14.4. The van der Waals surface area contributed by atoms with Gasteiger partial charge in [0.25, 0.3) is 0 Å². The van der Waals surface area contributed by atoms with E-state index in [-0.39, 0.29) is 38.4 Å². The van der Waals surface area contributed by atoms with Gasteiger partial charge in [0.05, 0.1) is 5.56 Å². The first kappa shape index (κ1) is 18.4. The molecular formula is C15H19F4N3O2. The summed E-state index contributed by atoms with van der Waals surface area (Å²) in [5, 5.41) is 2.89. The van der Waals surface area contributed by atoms with E-state index in [9.17, 15) is 22.4 Å². The molecule has 0 spiro atoms. The summed E-state index contributed by atoms with van der Waals surface area (Å²) in [6.45, 7) is 1.23. The molecule has 2 heterocycles. The number of rotatable bonds is 7. The van der Waals surface area contributed by atoms with Crippen LogP contribution in [0.15, 0.2) is 18.3 Å². The molecule has 1 N–H and O–H groups in total. The molecule has 1 aliphatic rings. The van der Waals surface area contributed by atoms with Crippen LogP contribution in [0.1, 0.15) is 18.4 Å². The highest BCUT2D eigenvalue weighted by Gasteiger charge is 2.33. The summed E-state index contributed by atoms with van der Waals surface area (Å²) in [5.74, 6) is -0.124. The average molecular weight is 349 g/mol. The van der Waals surface area contributed by atoms with Crippen molar-refractivity contribution in [2.45, 2.75) is 24.7 Å². The number of aromatic nitrogens is 1. The number of carbonyl (C=O) groups excluding carboxylic acids is 1. The van der Waals surface area contributed by atoms with E-state index < -0.39 is 17.4 Å². The lowest BCUT2D eigenvalue weighted by Crippen LogP contribution is -2.47. The van der Waals surface area contributed by atoms with Crippen LogP contribution in [0.4, 0.5) is 17.6 Å². The Balaban J connectivity index is 1.69. The van der Waals surface area contributed by atoms with E-state index in [2.05, 4.69) is 10.3 Å². The SMILES string of the molecule is O=CN1CCC(F)(CNCCOc2cc(C(F)(F)F)ccn2)CC1. The highest BCUT2D eigenvalue weighted by atomic mass is 19.4. The molecule has 134 valence electrons. The summed E-state index contributed by atoms with van der Waals surface area (Å²) < 4.78 is 57.2. The minimum atomic E-state index is -4.45. The van der Waals surface area contributed by atoms with Crippen molar-refractivity contribution < 1.29 is 27.1 Å². The van der Waals surface area contributed by atoms with Crippen LogP contribution in [0.2, 0.25) is 0 Å². The highest BCUT2D eigenvalue weighted by molar-refractivity contribution is 5.47. The largest absolute Gasteiger partial charge is 0.476 e. The Bertz CT molecular complexity index is 546. The Morgan fingerprint density at radius 2 is 2.08 bits per heavy atom. The number of ether oxygens (including phenoxy) is 1. The van der Waals surface area contributed by atoms with Crippen molar-refractivity contribution in [1.29, 1.82) is 0 Å². The van der Waals surface area contributed by atoms with Gasteiger partial charge in [-0.1, -0.05) is 0 Å². The van der Waals surface area contributed by atoms with E-state index in [1.807, 2.05) is 0 Å². The topological polar surface area (TPSA) is 54.5 Å². The summed E-state index contributed by atoms with van der Waals surface area (Å²) >= 11 is 0. The highest BCUT2D eigenvalue weighted by Crippen LogP contribution is 2.30. The van der Waals surface area contributed by atoms with Gasteiger partial charge in [-0.15, -0.1) is 0 Å². The Morgan fingerprint density at radius 1 is 1.38 bits per heavy atom. The summed E-state index contributed by atoms with van der Waals surface area (Å²) in [6, 6.07) is 1.69. The van der Waals surface area contributed by atoms with Crippen LogP contribution in [0, 0.1) is 0 Å². The lowest BCUT2D eigenvalue weighted by atomic mass is 9.93. The normalized spacial score (nSPS) is 17.6. The third kappa shape index (κ3) is 5.33. The molecule has 1 amide bonds. The number of carbonyl (C=O) groups is 1. The average Bonchev–Trinajstić information content (AvgIpc) is 2.55. The first-order valence-corrected chi connectivity index (χ1v) is 7.57. The molecule has 0 radical (unpaired) electrons. The molecule has 0 bridgehead atoms. The first-order chi connectivity index (χ1) is 11.3. The lowest BCUT2D eigenvalue weighted by Gasteiger charge is -2.34. The van der Waals surface area contributed by atoms with Crippen molar-refractivity contribution in [3.63, 3.8) is 0 Å². The standard InChI is InChI=1S/C15H19F4N3O2/c16-14(2-6-22(11-23)7-3-14)10-20-5-8-24-13-9-12(1-4-21-13)15(17,18)19/h1,4,9,11,20H,2-3,5-8,10H2. The number of hydrogen-bond donors (Lipinski definition) is 1. The van der Waals surface area contributed by atoms with Gasteiger partial charge in [0.15, 0.2) is 0 Å². The smallest absolute Gasteiger partial charge is 0.416 e. The van der Waals surface area contributed by atoms with E-state index in [1.165, 1.54) is 4.90 Å². The molecule has 0 saturated carbocycles. The predicted molar refractivity (Wildman–Crippen MR) is 78.3 cm³/mol. The molecule has 9 heteroatoms. The molecule has 1 saturated heterocycles. The molecule has 0 atom stereocenters. The minimum Gasteiger partial charge on any atom is -0.476 e. The van der Waals surface area contributed by atoms with Gasteiger partial charge in [-0.05, 0) is 6.07 Å². The van der Waals surface area contributed by atoms with Gasteiger partial charge in [0.1, 0.15) is 12.3 Å². The quantitative estimate of drug-likeness (QED) is 0.465. The molecule has 1 aromatic heterocycles. The van der Waals surface area contributed by atoms with Crippen LogP contribution in [0.25, 0.3) is 0 Å². The number of likely N-dealkylation sites (tertiary alicyclic amines) is 1. The number of halogens is 4. The summed E-state index contributed by atoms with van der Waals surface area (Å²) in [7, 11) is 0. The fourth-order valence-corrected chi connectivity index (χ4v) is 2.41. The van der Waals surface area contributed by atoms with Gasteiger partial charge in [0, 0.05) is 51.3 Å². The third-order valence-corrected chi connectivity index (χ3v) is 3.88. The zero-order valence-electron chi connectivity index (χ0n) is 13.0. The van der Waals surface area contributed by atoms with Gasteiger partial charge in [-0.25, -0.2) is 9.37 Å². The van der Waals surface area contributed by atoms with E-state index in [0.29, 0.717) is 19.5 Å². The zero-order valence-corrected chi connectivity index (χ0v) is 13.0. The Morgan fingerprint density at radius 3 is 2.71 bits per heavy atom. The van der Waals surface area contributed by atoms with Crippen molar-refractivity contribution in [3.05, 3.63) is 23.9 Å². The second-order valence-electron chi connectivity index (χ2n) is 5.70. The molecule has 1 aliphatic heterocycles. The maximum absolute atomic E-state index is 14.4. The monoisotopic (exact) mass is 349 g/mol. The molecule has 2 rings (SSSR count). The van der Waals surface area contributed by atoms with E-state index in [1.54, 1.807) is 0 Å². The molecule has 5 nitrogen and oxygen atoms in total. The van der Waals surface area contributed by atoms with Crippen LogP contribution < -0.4 is 10.1 Å². The van der Waals surface area contributed by atoms with Crippen molar-refractivity contribution in [1.82, 2.24) is 15.2 Å². The molecule has 24 heavy (non-hydrogen) atoms. The molecule has 1 aromatic rings. The number of piperidine rings is 1. The second kappa shape index (κ2) is 7.78. The fourth-order valence-electron chi connectivity index (χ4n) is 2.41. The zero-order chi connectivity index (χ0) is 17.6. The Kier molecular flexibility index (Phi) is 5.98. The number of nitrogens with zero attached hydrogens (tertiary/aromatic N) is 2. The van der Waals surface area contributed by atoms with E-state index in [4.69, 9.17) is 4.74 Å². The molecule has 1 fully saturated rings. The van der Waals surface area contributed by atoms with Gasteiger partial charge in [-0.2, -0.15) is 13.2 Å². The van der Waals surface area contributed by atoms with Gasteiger partial charge >= 0.3 is 6.18 Å². The van der Waals surface area contributed by atoms with Gasteiger partial charge in [0.2, 0.25) is 12.3 Å². The van der Waals surface area contributed by atoms with E-state index >= 15 is 0 Å². The number of amides is 1. The van der Waals surface area contributed by atoms with Crippen molar-refractivity contribution in [2.24, 2.45) is 0 Å². The van der Waals surface area contributed by atoms with Crippen molar-refractivity contribution in [2.75, 3.05) is 32.8 Å². The molecule has 0 unspecified atom stereocenters. The number of alkyl halides is 4. The van der Waals surface area contributed by atoms with Crippen LogP contribution >= 0.6 is 0 Å². The molecular weight excluding hydrogens is 330 g/mol. The number of pyridine rings is 1. The van der Waals surface area contributed by atoms with Crippen molar-refractivity contribution >= 4 is 6.41 Å². The summed E-state index contributed by atoms with van der Waals surface area (Å²) in [4.78, 5) is 15.8. The third-order valence-electron chi connectivity index (χ3n) is 3.88. The molecule has 0 aromatic carbocycles. The first-order valence-electron chi connectivity index (χ1n) is 7.57. The van der Waals surface area contributed by atoms with Gasteiger partial charge < -0.3 is 15.0 Å². The predicted octanol–water partition coefficient (Wildman–Crippen LogP) is 2.03. The lowest BCUT2D eigenvalue weighted by molar-refractivity contribution is -0.137. The van der Waals surface area contributed by atoms with Crippen LogP contribution in [-0.4, -0.2) is 54.7 Å². The Labute approximate surface area is 137 Å². The molecule has 0 aliphatic carbocycles. The van der Waals surface area contributed by atoms with Crippen molar-refractivity contribution in [3.8, 4) is 5.88 Å². The minimum absolute atomic E-state index is 0.0743. The Hall–Kier alpha value is -1.90. The number of hydrogen-bond acceptors (Lipinski definition) is 4. The van der Waals surface area contributed by atoms with Crippen LogP contribution in [0.5, 0.6) is 5.88 Å². The summed E-state index contributed by atoms with van der Waals surface area (Å²) in [6.07, 6.45) is -2.19. The van der Waals surface area contributed by atoms with Gasteiger partial charge in [-0.3, -0.25) is 4.79 Å².